The number of nitrogens with zero attached hydrogens (tertiary/aromatic N) is 3. The van der Waals surface area contributed by atoms with Gasteiger partial charge >= 0.3 is 6.03 Å². The number of hydrogen-bond donors (Lipinski definition) is 2. The third kappa shape index (κ3) is 4.34. The lowest BCUT2D eigenvalue weighted by molar-refractivity contribution is 0.250. The van der Waals surface area contributed by atoms with Gasteiger partial charge < -0.3 is 9.73 Å². The number of urea groups is 1. The minimum atomic E-state index is -0.327. The zero-order chi connectivity index (χ0) is 17.3. The van der Waals surface area contributed by atoms with E-state index in [1.165, 1.54) is 0 Å². The first-order chi connectivity index (χ1) is 10.6. The molecule has 2 rings (SSSR count). The summed E-state index contributed by atoms with van der Waals surface area (Å²) in [7, 11) is 0. The van der Waals surface area contributed by atoms with Crippen molar-refractivity contribution in [2.75, 3.05) is 5.32 Å². The van der Waals surface area contributed by atoms with Gasteiger partial charge in [0.1, 0.15) is 12.1 Å². The van der Waals surface area contributed by atoms with Gasteiger partial charge in [-0.15, -0.1) is 0 Å². The Morgan fingerprint density at radius 3 is 2.52 bits per heavy atom. The number of aromatic nitrogens is 3. The number of nitrogens with one attached hydrogen (secondary N) is 2. The summed E-state index contributed by atoms with van der Waals surface area (Å²) in [6, 6.07) is 1.43. The molecule has 2 heterocycles. The maximum Gasteiger partial charge on any atom is 0.320 e. The standard InChI is InChI=1S/C16H25N5O2/c1-15(2,3)11-10-23-13(19-11)9-17-14(22)20-12-7-8-18-21(12)16(4,5)6/h7-8,10H,9H2,1-6H3,(H2,17,20,22). The Labute approximate surface area is 136 Å². The van der Waals surface area contributed by atoms with Gasteiger partial charge in [-0.2, -0.15) is 5.10 Å². The average Bonchev–Trinajstić information content (AvgIpc) is 3.03. The molecule has 0 bridgehead atoms. The van der Waals surface area contributed by atoms with Gasteiger partial charge in [-0.25, -0.2) is 14.5 Å². The second-order valence-electron chi connectivity index (χ2n) is 7.48. The van der Waals surface area contributed by atoms with E-state index in [1.807, 2.05) is 20.8 Å². The molecule has 0 aliphatic heterocycles. The quantitative estimate of drug-likeness (QED) is 0.909. The number of carbonyl (C=O) groups excluding carboxylic acids is 1. The molecule has 126 valence electrons. The van der Waals surface area contributed by atoms with Crippen molar-refractivity contribution in [1.29, 1.82) is 0 Å². The topological polar surface area (TPSA) is 85.0 Å². The Morgan fingerprint density at radius 2 is 1.96 bits per heavy atom. The normalized spacial score (nSPS) is 12.3. The molecule has 0 aromatic carbocycles. The maximum atomic E-state index is 12.0. The summed E-state index contributed by atoms with van der Waals surface area (Å²) >= 11 is 0. The van der Waals surface area contributed by atoms with Crippen LogP contribution >= 0.6 is 0 Å². The van der Waals surface area contributed by atoms with Crippen molar-refractivity contribution in [3.63, 3.8) is 0 Å². The highest BCUT2D eigenvalue weighted by Gasteiger charge is 2.20. The molecule has 0 fully saturated rings. The number of hydrogen-bond acceptors (Lipinski definition) is 4. The van der Waals surface area contributed by atoms with Gasteiger partial charge in [-0.05, 0) is 20.8 Å². The average molecular weight is 319 g/mol. The van der Waals surface area contributed by atoms with Gasteiger partial charge in [0.2, 0.25) is 5.89 Å². The zero-order valence-electron chi connectivity index (χ0n) is 14.6. The van der Waals surface area contributed by atoms with E-state index in [0.717, 1.165) is 5.69 Å². The fourth-order valence-electron chi connectivity index (χ4n) is 1.99. The van der Waals surface area contributed by atoms with Gasteiger partial charge in [0, 0.05) is 11.5 Å². The fourth-order valence-corrected chi connectivity index (χ4v) is 1.99. The molecule has 0 unspecified atom stereocenters. The molecule has 7 heteroatoms. The SMILES string of the molecule is CC(C)(C)c1coc(CNC(=O)Nc2ccnn2C(C)(C)C)n1. The van der Waals surface area contributed by atoms with Crippen LogP contribution in [-0.2, 0) is 17.5 Å². The summed E-state index contributed by atoms with van der Waals surface area (Å²) in [5.74, 6) is 1.12. The predicted octanol–water partition coefficient (Wildman–Crippen LogP) is 3.25. The van der Waals surface area contributed by atoms with Crippen molar-refractivity contribution in [2.24, 2.45) is 0 Å². The Kier molecular flexibility index (Phi) is 4.49. The van der Waals surface area contributed by atoms with Crippen molar-refractivity contribution < 1.29 is 9.21 Å². The molecule has 0 saturated heterocycles. The Balaban J connectivity index is 1.94. The van der Waals surface area contributed by atoms with Crippen LogP contribution in [0.4, 0.5) is 10.6 Å². The summed E-state index contributed by atoms with van der Waals surface area (Å²) < 4.78 is 7.14. The molecule has 2 amide bonds. The zero-order valence-corrected chi connectivity index (χ0v) is 14.6. The van der Waals surface area contributed by atoms with E-state index < -0.39 is 0 Å². The van der Waals surface area contributed by atoms with Gasteiger partial charge in [0.25, 0.3) is 0 Å². The van der Waals surface area contributed by atoms with Crippen LogP contribution in [0, 0.1) is 0 Å². The summed E-state index contributed by atoms with van der Waals surface area (Å²) in [5.41, 5.74) is 0.569. The van der Waals surface area contributed by atoms with Gasteiger partial charge in [0.05, 0.1) is 24.0 Å². The van der Waals surface area contributed by atoms with Gasteiger partial charge in [0.15, 0.2) is 0 Å². The van der Waals surface area contributed by atoms with Crippen molar-refractivity contribution in [1.82, 2.24) is 20.1 Å². The molecule has 0 spiro atoms. The van der Waals surface area contributed by atoms with Crippen LogP contribution in [0.15, 0.2) is 22.9 Å². The Morgan fingerprint density at radius 1 is 1.26 bits per heavy atom. The highest BCUT2D eigenvalue weighted by atomic mass is 16.3. The van der Waals surface area contributed by atoms with Crippen LogP contribution in [0.5, 0.6) is 0 Å². The lowest BCUT2D eigenvalue weighted by Crippen LogP contribution is -2.32. The monoisotopic (exact) mass is 319 g/mol. The van der Waals surface area contributed by atoms with Gasteiger partial charge in [-0.3, -0.25) is 5.32 Å². The van der Waals surface area contributed by atoms with Crippen LogP contribution in [0.2, 0.25) is 0 Å². The summed E-state index contributed by atoms with van der Waals surface area (Å²) in [6.07, 6.45) is 3.29. The van der Waals surface area contributed by atoms with Gasteiger partial charge in [-0.1, -0.05) is 20.8 Å². The number of rotatable bonds is 3. The maximum absolute atomic E-state index is 12.0. The minimum absolute atomic E-state index is 0.0801. The summed E-state index contributed by atoms with van der Waals surface area (Å²) in [5, 5.41) is 9.75. The van der Waals surface area contributed by atoms with Crippen LogP contribution in [0.25, 0.3) is 0 Å². The van der Waals surface area contributed by atoms with Crippen LogP contribution in [-0.4, -0.2) is 20.8 Å². The van der Waals surface area contributed by atoms with E-state index in [4.69, 9.17) is 4.42 Å². The van der Waals surface area contributed by atoms with E-state index in [0.29, 0.717) is 11.7 Å². The molecular weight excluding hydrogens is 294 g/mol. The third-order valence-corrected chi connectivity index (χ3v) is 3.24. The largest absolute Gasteiger partial charge is 0.447 e. The predicted molar refractivity (Wildman–Crippen MR) is 88.3 cm³/mol. The van der Waals surface area contributed by atoms with E-state index in [9.17, 15) is 4.79 Å². The molecule has 7 nitrogen and oxygen atoms in total. The van der Waals surface area contributed by atoms with Crippen LogP contribution < -0.4 is 10.6 Å². The first-order valence-corrected chi connectivity index (χ1v) is 7.61. The fraction of sp³-hybridized carbons (Fsp3) is 0.562. The second kappa shape index (κ2) is 6.06. The van der Waals surface area contributed by atoms with Crippen molar-refractivity contribution in [3.8, 4) is 0 Å². The first-order valence-electron chi connectivity index (χ1n) is 7.61. The van der Waals surface area contributed by atoms with E-state index >= 15 is 0 Å². The lowest BCUT2D eigenvalue weighted by atomic mass is 9.93. The van der Waals surface area contributed by atoms with Crippen molar-refractivity contribution in [3.05, 3.63) is 30.1 Å². The van der Waals surface area contributed by atoms with E-state index in [1.54, 1.807) is 23.2 Å². The highest BCUT2D eigenvalue weighted by molar-refractivity contribution is 5.88. The summed E-state index contributed by atoms with van der Waals surface area (Å²) in [6.45, 7) is 12.5. The minimum Gasteiger partial charge on any atom is -0.447 e. The molecule has 23 heavy (non-hydrogen) atoms. The number of anilines is 1. The second-order valence-corrected chi connectivity index (χ2v) is 7.48. The van der Waals surface area contributed by atoms with E-state index in [2.05, 4.69) is 41.5 Å². The Bertz CT molecular complexity index is 673. The smallest absolute Gasteiger partial charge is 0.320 e. The van der Waals surface area contributed by atoms with Crippen molar-refractivity contribution in [2.45, 2.75) is 59.0 Å². The molecule has 0 aliphatic carbocycles. The number of carbonyl (C=O) groups is 1. The van der Waals surface area contributed by atoms with Crippen LogP contribution in [0.1, 0.15) is 53.1 Å². The molecule has 0 aliphatic rings. The Hall–Kier alpha value is -2.31. The van der Waals surface area contributed by atoms with Crippen molar-refractivity contribution >= 4 is 11.8 Å². The molecule has 2 N–H and O–H groups in total. The third-order valence-electron chi connectivity index (χ3n) is 3.24. The molecule has 0 radical (unpaired) electrons. The molecular formula is C16H25N5O2. The number of oxazole rings is 1. The molecule has 2 aromatic heterocycles. The highest BCUT2D eigenvalue weighted by Crippen LogP contribution is 2.21. The number of amides is 2. The molecule has 0 saturated carbocycles. The lowest BCUT2D eigenvalue weighted by Gasteiger charge is -2.22. The summed E-state index contributed by atoms with van der Waals surface area (Å²) in [4.78, 5) is 16.4. The molecule has 2 aromatic rings. The molecule has 0 atom stereocenters. The van der Waals surface area contributed by atoms with E-state index in [-0.39, 0.29) is 23.5 Å². The first kappa shape index (κ1) is 17.1. The van der Waals surface area contributed by atoms with Crippen LogP contribution in [0.3, 0.4) is 0 Å².